The summed E-state index contributed by atoms with van der Waals surface area (Å²) in [4.78, 5) is 36.7. The third-order valence-electron chi connectivity index (χ3n) is 9.03. The molecule has 8 nitrogen and oxygen atoms in total. The fraction of sp³-hybridized carbons (Fsp3) is 0.791. The second-order valence-electron chi connectivity index (χ2n) is 14.9. The number of unbranched alkanes of at least 4 members (excludes halogenated alkanes) is 17. The monoisotopic (exact) mass is 720 g/mol. The number of aliphatic carboxylic acids is 1. The summed E-state index contributed by atoms with van der Waals surface area (Å²) in [5.41, 5.74) is 0. The Kier molecular flexibility index (Phi) is 33.0. The molecule has 0 saturated heterocycles. The highest BCUT2D eigenvalue weighted by molar-refractivity contribution is 5.70. The second-order valence-corrected chi connectivity index (χ2v) is 14.9. The molecule has 0 amide bonds. The molecule has 0 aliphatic rings. The minimum absolute atomic E-state index is 0.0293. The third-order valence-corrected chi connectivity index (χ3v) is 9.03. The van der Waals surface area contributed by atoms with Gasteiger partial charge in [-0.25, -0.2) is 0 Å². The molecule has 0 aliphatic carbocycles. The van der Waals surface area contributed by atoms with Gasteiger partial charge >= 0.3 is 11.9 Å². The maximum absolute atomic E-state index is 12.6. The largest absolute Gasteiger partial charge is 0.544 e. The molecule has 0 fully saturated rings. The van der Waals surface area contributed by atoms with Crippen molar-refractivity contribution in [2.75, 3.05) is 41.0 Å². The number of carboxylic acids is 1. The fourth-order valence-corrected chi connectivity index (χ4v) is 5.75. The van der Waals surface area contributed by atoms with Gasteiger partial charge in [0.25, 0.3) is 0 Å². The average Bonchev–Trinajstić information content (AvgIpc) is 3.08. The Morgan fingerprint density at radius 3 is 1.61 bits per heavy atom. The van der Waals surface area contributed by atoms with Crippen LogP contribution in [-0.2, 0) is 28.6 Å². The van der Waals surface area contributed by atoms with E-state index in [9.17, 15) is 19.5 Å². The average molecular weight is 720 g/mol. The van der Waals surface area contributed by atoms with Crippen LogP contribution < -0.4 is 5.11 Å². The number of quaternary nitrogens is 1. The lowest BCUT2D eigenvalue weighted by molar-refractivity contribution is -0.889. The van der Waals surface area contributed by atoms with Crippen LogP contribution >= 0.6 is 0 Å². The van der Waals surface area contributed by atoms with Gasteiger partial charge in [0.05, 0.1) is 40.3 Å². The van der Waals surface area contributed by atoms with Gasteiger partial charge in [-0.05, 0) is 57.8 Å². The van der Waals surface area contributed by atoms with Gasteiger partial charge in [-0.1, -0.05) is 127 Å². The van der Waals surface area contributed by atoms with Crippen LogP contribution in [-0.4, -0.2) is 75.5 Å². The minimum atomic E-state index is -1.13. The standard InChI is InChI=1S/C43H77NO7/c1-6-8-10-12-14-16-18-19-20-21-22-24-25-27-29-31-33-41(45)50-38-39(37-49-36-35-40(43(47)48)44(3,4)5)51-42(46)34-32-30-28-26-23-17-15-13-11-9-7-2/h13,15,20-22,24,39-40H,6-12,14,16-19,23,25-38H2,1-5H3/b15-13+,21-20+,24-22+. The summed E-state index contributed by atoms with van der Waals surface area (Å²) < 4.78 is 17.1. The van der Waals surface area contributed by atoms with E-state index in [1.165, 1.54) is 64.2 Å². The van der Waals surface area contributed by atoms with E-state index in [2.05, 4.69) is 50.3 Å². The van der Waals surface area contributed by atoms with E-state index in [-0.39, 0.29) is 42.7 Å². The van der Waals surface area contributed by atoms with Crippen molar-refractivity contribution in [3.05, 3.63) is 36.5 Å². The van der Waals surface area contributed by atoms with E-state index >= 15 is 0 Å². The molecule has 0 spiro atoms. The van der Waals surface area contributed by atoms with E-state index in [4.69, 9.17) is 14.2 Å². The molecule has 2 unspecified atom stereocenters. The van der Waals surface area contributed by atoms with Gasteiger partial charge in [0.2, 0.25) is 0 Å². The molecule has 51 heavy (non-hydrogen) atoms. The summed E-state index contributed by atoms with van der Waals surface area (Å²) in [5.74, 6) is -1.78. The Labute approximate surface area is 313 Å². The minimum Gasteiger partial charge on any atom is -0.544 e. The van der Waals surface area contributed by atoms with Crippen molar-refractivity contribution < 1.29 is 38.2 Å². The van der Waals surface area contributed by atoms with Crippen molar-refractivity contribution in [1.29, 1.82) is 0 Å². The summed E-state index contributed by atoms with van der Waals surface area (Å²) in [5, 5.41) is 11.6. The number of hydrogen-bond donors (Lipinski definition) is 0. The molecule has 0 rings (SSSR count). The van der Waals surface area contributed by atoms with Crippen molar-refractivity contribution in [1.82, 2.24) is 0 Å². The lowest BCUT2D eigenvalue weighted by Crippen LogP contribution is -2.55. The quantitative estimate of drug-likeness (QED) is 0.0209. The first-order valence-electron chi connectivity index (χ1n) is 20.5. The van der Waals surface area contributed by atoms with E-state index in [0.717, 1.165) is 70.6 Å². The van der Waals surface area contributed by atoms with E-state index < -0.39 is 18.1 Å². The molecule has 0 heterocycles. The van der Waals surface area contributed by atoms with Crippen LogP contribution in [0.5, 0.6) is 0 Å². The Morgan fingerprint density at radius 2 is 1.06 bits per heavy atom. The van der Waals surface area contributed by atoms with Crippen LogP contribution in [0.25, 0.3) is 0 Å². The first kappa shape index (κ1) is 48.5. The summed E-state index contributed by atoms with van der Waals surface area (Å²) in [6, 6.07) is -0.729. The number of ether oxygens (including phenoxy) is 3. The lowest BCUT2D eigenvalue weighted by Gasteiger charge is -2.34. The molecular formula is C43H77NO7. The maximum atomic E-state index is 12.6. The first-order chi connectivity index (χ1) is 24.6. The predicted molar refractivity (Wildman–Crippen MR) is 208 cm³/mol. The SMILES string of the molecule is CCCC/C=C/CCCCCCCC(=O)OC(COCCC(C(=O)[O-])[N+](C)(C)C)COC(=O)CCCCC/C=C/C=C/CCCCCCCCC. The van der Waals surface area contributed by atoms with E-state index in [0.29, 0.717) is 12.8 Å². The molecule has 0 aromatic heterocycles. The van der Waals surface area contributed by atoms with Crippen LogP contribution in [0.4, 0.5) is 0 Å². The molecule has 0 N–H and O–H groups in total. The predicted octanol–water partition coefficient (Wildman–Crippen LogP) is 9.35. The first-order valence-corrected chi connectivity index (χ1v) is 20.5. The van der Waals surface area contributed by atoms with Crippen molar-refractivity contribution in [3.63, 3.8) is 0 Å². The number of carboxylic acid groups (broad SMARTS) is 1. The number of allylic oxidation sites excluding steroid dienone is 6. The van der Waals surface area contributed by atoms with Crippen molar-refractivity contribution in [3.8, 4) is 0 Å². The Bertz CT molecular complexity index is 937. The zero-order valence-electron chi connectivity index (χ0n) is 33.5. The van der Waals surface area contributed by atoms with Gasteiger partial charge in [0.1, 0.15) is 12.6 Å². The molecule has 2 atom stereocenters. The number of esters is 2. The van der Waals surface area contributed by atoms with Crippen molar-refractivity contribution in [2.45, 2.75) is 180 Å². The maximum Gasteiger partial charge on any atom is 0.306 e. The highest BCUT2D eigenvalue weighted by Crippen LogP contribution is 2.12. The Morgan fingerprint density at radius 1 is 0.588 bits per heavy atom. The zero-order valence-corrected chi connectivity index (χ0v) is 33.5. The molecule has 0 saturated carbocycles. The number of carbonyl (C=O) groups is 3. The zero-order chi connectivity index (χ0) is 37.8. The molecule has 8 heteroatoms. The number of nitrogens with zero attached hydrogens (tertiary/aromatic N) is 1. The van der Waals surface area contributed by atoms with Gasteiger partial charge < -0.3 is 28.6 Å². The van der Waals surface area contributed by atoms with Crippen LogP contribution in [0, 0.1) is 0 Å². The number of carbonyl (C=O) groups excluding carboxylic acids is 3. The van der Waals surface area contributed by atoms with E-state index in [1.807, 2.05) is 0 Å². The molecule has 0 radical (unpaired) electrons. The third kappa shape index (κ3) is 33.2. The van der Waals surface area contributed by atoms with Gasteiger partial charge in [-0.15, -0.1) is 0 Å². The van der Waals surface area contributed by atoms with Gasteiger partial charge in [0.15, 0.2) is 6.10 Å². The van der Waals surface area contributed by atoms with Crippen molar-refractivity contribution in [2.24, 2.45) is 0 Å². The van der Waals surface area contributed by atoms with Crippen molar-refractivity contribution >= 4 is 17.9 Å². The molecular weight excluding hydrogens is 642 g/mol. The lowest BCUT2D eigenvalue weighted by atomic mass is 10.1. The van der Waals surface area contributed by atoms with Gasteiger partial charge in [-0.3, -0.25) is 9.59 Å². The Hall–Kier alpha value is -2.45. The van der Waals surface area contributed by atoms with Gasteiger partial charge in [-0.2, -0.15) is 0 Å². The normalized spacial score (nSPS) is 13.4. The highest BCUT2D eigenvalue weighted by Gasteiger charge is 2.25. The number of rotatable bonds is 36. The van der Waals surface area contributed by atoms with Crippen LogP contribution in [0.3, 0.4) is 0 Å². The highest BCUT2D eigenvalue weighted by atomic mass is 16.6. The summed E-state index contributed by atoms with van der Waals surface area (Å²) in [6.07, 6.45) is 37.4. The molecule has 0 aliphatic heterocycles. The topological polar surface area (TPSA) is 102 Å². The molecule has 0 bridgehead atoms. The summed E-state index contributed by atoms with van der Waals surface area (Å²) >= 11 is 0. The van der Waals surface area contributed by atoms with Gasteiger partial charge in [0, 0.05) is 19.3 Å². The van der Waals surface area contributed by atoms with Crippen LogP contribution in [0.15, 0.2) is 36.5 Å². The van der Waals surface area contributed by atoms with Crippen LogP contribution in [0.2, 0.25) is 0 Å². The fourth-order valence-electron chi connectivity index (χ4n) is 5.75. The second kappa shape index (κ2) is 34.6. The number of likely N-dealkylation sites (N-methyl/N-ethyl adjacent to an activating group) is 1. The summed E-state index contributed by atoms with van der Waals surface area (Å²) in [7, 11) is 5.39. The van der Waals surface area contributed by atoms with E-state index in [1.54, 1.807) is 21.1 Å². The molecule has 296 valence electrons. The Balaban J connectivity index is 4.42. The molecule has 0 aromatic rings. The summed E-state index contributed by atoms with van der Waals surface area (Å²) in [6.45, 7) is 4.57. The van der Waals surface area contributed by atoms with Crippen LogP contribution in [0.1, 0.15) is 168 Å². The number of hydrogen-bond acceptors (Lipinski definition) is 7. The smallest absolute Gasteiger partial charge is 0.306 e. The molecule has 0 aromatic carbocycles.